The first kappa shape index (κ1) is 22.5. The minimum absolute atomic E-state index is 0.209. The van der Waals surface area contributed by atoms with Crippen LogP contribution in [-0.2, 0) is 15.6 Å². The molecular formula is C24H30O5. The molecule has 0 amide bonds. The Kier molecular flexibility index (Phi) is 6.41. The van der Waals surface area contributed by atoms with Gasteiger partial charge in [-0.3, -0.25) is 0 Å². The molecule has 0 saturated carbocycles. The number of esters is 2. The fourth-order valence-corrected chi connectivity index (χ4v) is 2.94. The molecule has 0 spiro atoms. The van der Waals surface area contributed by atoms with Crippen LogP contribution in [0, 0.1) is 0 Å². The molecule has 0 saturated heterocycles. The summed E-state index contributed by atoms with van der Waals surface area (Å²) in [5.41, 5.74) is 1.45. The summed E-state index contributed by atoms with van der Waals surface area (Å²) in [5, 5.41) is 10.8. The first-order valence-electron chi connectivity index (χ1n) is 9.72. The number of benzene rings is 2. The van der Waals surface area contributed by atoms with Gasteiger partial charge in [0.05, 0.1) is 17.7 Å². The molecule has 29 heavy (non-hydrogen) atoms. The van der Waals surface area contributed by atoms with Crippen molar-refractivity contribution in [2.45, 2.75) is 59.3 Å². The number of phenolic OH excluding ortho intramolecular Hbond substituents is 1. The second-order valence-corrected chi connectivity index (χ2v) is 9.05. The maximum atomic E-state index is 12.8. The quantitative estimate of drug-likeness (QED) is 0.553. The lowest BCUT2D eigenvalue weighted by Gasteiger charge is -2.27. The number of carbonyl (C=O) groups is 2. The van der Waals surface area contributed by atoms with Gasteiger partial charge in [-0.1, -0.05) is 41.5 Å². The molecule has 0 aromatic heterocycles. The zero-order valence-electron chi connectivity index (χ0n) is 18.3. The number of ether oxygens (including phenoxy) is 2. The zero-order chi connectivity index (χ0) is 22.0. The van der Waals surface area contributed by atoms with Crippen molar-refractivity contribution in [2.75, 3.05) is 6.61 Å². The average molecular weight is 398 g/mol. The minimum Gasteiger partial charge on any atom is -0.507 e. The van der Waals surface area contributed by atoms with Crippen molar-refractivity contribution >= 4 is 11.9 Å². The number of rotatable bonds is 4. The molecular weight excluding hydrogens is 368 g/mol. The first-order valence-corrected chi connectivity index (χ1v) is 9.72. The van der Waals surface area contributed by atoms with E-state index >= 15 is 0 Å². The van der Waals surface area contributed by atoms with Gasteiger partial charge in [0, 0.05) is 11.1 Å². The van der Waals surface area contributed by atoms with E-state index in [2.05, 4.69) is 0 Å². The van der Waals surface area contributed by atoms with E-state index in [0.717, 1.165) is 0 Å². The predicted molar refractivity (Wildman–Crippen MR) is 113 cm³/mol. The fraction of sp³-hybridized carbons (Fsp3) is 0.417. The van der Waals surface area contributed by atoms with E-state index in [4.69, 9.17) is 9.47 Å². The number of hydrogen-bond donors (Lipinski definition) is 1. The number of phenols is 1. The molecule has 0 aliphatic carbocycles. The maximum absolute atomic E-state index is 12.8. The Balaban J connectivity index is 2.36. The Morgan fingerprint density at radius 1 is 0.828 bits per heavy atom. The summed E-state index contributed by atoms with van der Waals surface area (Å²) >= 11 is 0. The monoisotopic (exact) mass is 398 g/mol. The van der Waals surface area contributed by atoms with E-state index in [1.807, 2.05) is 41.5 Å². The normalized spacial score (nSPS) is 11.8. The molecule has 2 aromatic rings. The van der Waals surface area contributed by atoms with Crippen molar-refractivity contribution in [2.24, 2.45) is 0 Å². The van der Waals surface area contributed by atoms with Crippen molar-refractivity contribution in [3.8, 4) is 11.5 Å². The summed E-state index contributed by atoms with van der Waals surface area (Å²) in [5.74, 6) is -0.412. The van der Waals surface area contributed by atoms with Gasteiger partial charge in [0.15, 0.2) is 0 Å². The lowest BCUT2D eigenvalue weighted by atomic mass is 9.78. The Bertz CT molecular complexity index is 861. The molecule has 0 unspecified atom stereocenters. The van der Waals surface area contributed by atoms with Crippen molar-refractivity contribution in [1.82, 2.24) is 0 Å². The molecule has 0 radical (unpaired) electrons. The third-order valence-corrected chi connectivity index (χ3v) is 4.54. The summed E-state index contributed by atoms with van der Waals surface area (Å²) in [7, 11) is 0. The highest BCUT2D eigenvalue weighted by Gasteiger charge is 2.28. The number of aromatic hydroxyl groups is 1. The molecule has 2 aromatic carbocycles. The largest absolute Gasteiger partial charge is 0.507 e. The van der Waals surface area contributed by atoms with Crippen LogP contribution in [0.3, 0.4) is 0 Å². The van der Waals surface area contributed by atoms with Crippen molar-refractivity contribution in [3.05, 3.63) is 58.7 Å². The standard InChI is InChI=1S/C24H30O5/c1-8-28-21(26)15-9-11-17(12-10-15)29-22(27)16-13-18(23(2,3)4)20(25)19(14-16)24(5,6)7/h9-14,25H,8H2,1-7H3. The van der Waals surface area contributed by atoms with E-state index in [1.54, 1.807) is 43.3 Å². The molecule has 156 valence electrons. The van der Waals surface area contributed by atoms with Crippen LogP contribution < -0.4 is 4.74 Å². The average Bonchev–Trinajstić information content (AvgIpc) is 2.60. The van der Waals surface area contributed by atoms with Gasteiger partial charge in [0.25, 0.3) is 0 Å². The van der Waals surface area contributed by atoms with Crippen LogP contribution in [0.25, 0.3) is 0 Å². The van der Waals surface area contributed by atoms with Gasteiger partial charge in [-0.25, -0.2) is 9.59 Å². The molecule has 0 aliphatic rings. The second-order valence-electron chi connectivity index (χ2n) is 9.05. The molecule has 0 aliphatic heterocycles. The van der Waals surface area contributed by atoms with Crippen LogP contribution >= 0.6 is 0 Å². The SMILES string of the molecule is CCOC(=O)c1ccc(OC(=O)c2cc(C(C)(C)C)c(O)c(C(C)(C)C)c2)cc1. The van der Waals surface area contributed by atoms with Gasteiger partial charge in [0.2, 0.25) is 0 Å². The highest BCUT2D eigenvalue weighted by molar-refractivity contribution is 5.93. The van der Waals surface area contributed by atoms with Crippen molar-refractivity contribution < 1.29 is 24.2 Å². The lowest BCUT2D eigenvalue weighted by molar-refractivity contribution is 0.0526. The molecule has 0 heterocycles. The zero-order valence-corrected chi connectivity index (χ0v) is 18.3. The van der Waals surface area contributed by atoms with Crippen LogP contribution in [-0.4, -0.2) is 23.7 Å². The summed E-state index contributed by atoms with van der Waals surface area (Å²) in [6.07, 6.45) is 0. The fourth-order valence-electron chi connectivity index (χ4n) is 2.94. The van der Waals surface area contributed by atoms with E-state index in [-0.39, 0.29) is 16.6 Å². The molecule has 0 atom stereocenters. The van der Waals surface area contributed by atoms with Gasteiger partial charge in [0.1, 0.15) is 11.5 Å². The highest BCUT2D eigenvalue weighted by atomic mass is 16.5. The van der Waals surface area contributed by atoms with E-state index in [9.17, 15) is 14.7 Å². The van der Waals surface area contributed by atoms with Gasteiger partial charge < -0.3 is 14.6 Å². The molecule has 0 bridgehead atoms. The second kappa shape index (κ2) is 8.27. The Morgan fingerprint density at radius 3 is 1.72 bits per heavy atom. The molecule has 5 nitrogen and oxygen atoms in total. The Morgan fingerprint density at radius 2 is 1.31 bits per heavy atom. The van der Waals surface area contributed by atoms with Gasteiger partial charge in [-0.15, -0.1) is 0 Å². The molecule has 1 N–H and O–H groups in total. The van der Waals surface area contributed by atoms with Gasteiger partial charge in [-0.2, -0.15) is 0 Å². The number of carbonyl (C=O) groups excluding carboxylic acids is 2. The Labute approximate surface area is 172 Å². The molecule has 2 rings (SSSR count). The summed E-state index contributed by atoms with van der Waals surface area (Å²) < 4.78 is 10.4. The Hall–Kier alpha value is -2.82. The summed E-state index contributed by atoms with van der Waals surface area (Å²) in [4.78, 5) is 24.6. The van der Waals surface area contributed by atoms with Crippen molar-refractivity contribution in [3.63, 3.8) is 0 Å². The molecule has 0 fully saturated rings. The predicted octanol–water partition coefficient (Wildman–Crippen LogP) is 5.38. The van der Waals surface area contributed by atoms with Crippen molar-refractivity contribution in [1.29, 1.82) is 0 Å². The third kappa shape index (κ3) is 5.37. The minimum atomic E-state index is -0.523. The topological polar surface area (TPSA) is 72.8 Å². The van der Waals surface area contributed by atoms with Crippen LogP contribution in [0.15, 0.2) is 36.4 Å². The summed E-state index contributed by atoms with van der Waals surface area (Å²) in [6, 6.07) is 9.58. The van der Waals surface area contributed by atoms with Crippen LogP contribution in [0.4, 0.5) is 0 Å². The van der Waals surface area contributed by atoms with Crippen LogP contribution in [0.2, 0.25) is 0 Å². The molecule has 5 heteroatoms. The van der Waals surface area contributed by atoms with Gasteiger partial charge >= 0.3 is 11.9 Å². The van der Waals surface area contributed by atoms with Crippen LogP contribution in [0.5, 0.6) is 11.5 Å². The lowest BCUT2D eigenvalue weighted by Crippen LogP contribution is -2.20. The van der Waals surface area contributed by atoms with Gasteiger partial charge in [-0.05, 0) is 54.2 Å². The maximum Gasteiger partial charge on any atom is 0.343 e. The smallest absolute Gasteiger partial charge is 0.343 e. The number of hydrogen-bond acceptors (Lipinski definition) is 5. The summed E-state index contributed by atoms with van der Waals surface area (Å²) in [6.45, 7) is 13.9. The third-order valence-electron chi connectivity index (χ3n) is 4.54. The van der Waals surface area contributed by atoms with E-state index in [0.29, 0.717) is 34.6 Å². The van der Waals surface area contributed by atoms with Crippen LogP contribution in [0.1, 0.15) is 80.3 Å². The highest BCUT2D eigenvalue weighted by Crippen LogP contribution is 2.40. The van der Waals surface area contributed by atoms with E-state index in [1.165, 1.54) is 0 Å². The first-order chi connectivity index (χ1) is 13.3. The van der Waals surface area contributed by atoms with E-state index < -0.39 is 11.9 Å².